The van der Waals surface area contributed by atoms with Gasteiger partial charge < -0.3 is 15.5 Å². The fraction of sp³-hybridized carbons (Fsp3) is 0.250. The van der Waals surface area contributed by atoms with Crippen LogP contribution >= 0.6 is 0 Å². The maximum absolute atomic E-state index is 9.30. The van der Waals surface area contributed by atoms with E-state index in [1.807, 2.05) is 0 Å². The number of phenols is 2. The Morgan fingerprint density at radius 3 is 1.91 bits per heavy atom. The van der Waals surface area contributed by atoms with E-state index in [9.17, 15) is 10.2 Å². The molecule has 3 nitrogen and oxygen atoms in total. The second-order valence-corrected chi connectivity index (χ2v) is 2.66. The zero-order valence-electron chi connectivity index (χ0n) is 5.96. The van der Waals surface area contributed by atoms with Crippen LogP contribution in [0.15, 0.2) is 12.1 Å². The average molecular weight is 151 g/mol. The highest BCUT2D eigenvalue weighted by Crippen LogP contribution is 2.31. The molecule has 0 radical (unpaired) electrons. The summed E-state index contributed by atoms with van der Waals surface area (Å²) < 4.78 is 0. The van der Waals surface area contributed by atoms with Crippen LogP contribution in [0.25, 0.3) is 0 Å². The van der Waals surface area contributed by atoms with Crippen LogP contribution in [0.2, 0.25) is 0 Å². The first-order valence-electron chi connectivity index (χ1n) is 3.52. The number of nitrogens with one attached hydrogen (secondary N) is 1. The molecule has 0 aromatic heterocycles. The molecule has 11 heavy (non-hydrogen) atoms. The van der Waals surface area contributed by atoms with E-state index in [-0.39, 0.29) is 11.5 Å². The van der Waals surface area contributed by atoms with Crippen LogP contribution in [0.4, 0.5) is 0 Å². The molecule has 0 saturated heterocycles. The molecule has 1 aromatic rings. The van der Waals surface area contributed by atoms with Gasteiger partial charge in [0.05, 0.1) is 0 Å². The predicted molar refractivity (Wildman–Crippen MR) is 40.3 cm³/mol. The normalized spacial score (nSPS) is 14.9. The van der Waals surface area contributed by atoms with Gasteiger partial charge in [0.15, 0.2) is 0 Å². The van der Waals surface area contributed by atoms with Crippen molar-refractivity contribution in [1.29, 1.82) is 0 Å². The molecule has 0 aliphatic carbocycles. The van der Waals surface area contributed by atoms with Crippen molar-refractivity contribution in [3.05, 3.63) is 23.3 Å². The molecule has 0 saturated carbocycles. The summed E-state index contributed by atoms with van der Waals surface area (Å²) in [5.74, 6) is 0.533. The number of fused-ring (bicyclic) bond motifs is 1. The van der Waals surface area contributed by atoms with E-state index in [1.54, 1.807) is 0 Å². The lowest BCUT2D eigenvalue weighted by Gasteiger charge is -2.02. The lowest BCUT2D eigenvalue weighted by molar-refractivity contribution is 0.453. The highest BCUT2D eigenvalue weighted by molar-refractivity contribution is 5.49. The third kappa shape index (κ3) is 0.851. The first kappa shape index (κ1) is 6.49. The minimum Gasteiger partial charge on any atom is -0.508 e. The van der Waals surface area contributed by atoms with Crippen molar-refractivity contribution in [2.24, 2.45) is 0 Å². The molecule has 0 amide bonds. The topological polar surface area (TPSA) is 52.5 Å². The number of aromatic hydroxyl groups is 2. The van der Waals surface area contributed by atoms with Crippen molar-refractivity contribution in [1.82, 2.24) is 5.32 Å². The predicted octanol–water partition coefficient (Wildman–Crippen LogP) is 0.701. The summed E-state index contributed by atoms with van der Waals surface area (Å²) in [6.45, 7) is 1.30. The Balaban J connectivity index is 2.64. The van der Waals surface area contributed by atoms with Gasteiger partial charge in [-0.05, 0) is 12.1 Å². The van der Waals surface area contributed by atoms with E-state index >= 15 is 0 Å². The fourth-order valence-corrected chi connectivity index (χ4v) is 1.38. The van der Waals surface area contributed by atoms with Crippen LogP contribution in [-0.2, 0) is 13.1 Å². The monoisotopic (exact) mass is 151 g/mol. The van der Waals surface area contributed by atoms with Gasteiger partial charge in [-0.15, -0.1) is 0 Å². The molecule has 0 fully saturated rings. The molecule has 0 unspecified atom stereocenters. The molecule has 0 spiro atoms. The van der Waals surface area contributed by atoms with Crippen molar-refractivity contribution < 1.29 is 10.2 Å². The molecule has 0 atom stereocenters. The number of benzene rings is 1. The molecule has 1 heterocycles. The summed E-state index contributed by atoms with van der Waals surface area (Å²) in [4.78, 5) is 0. The van der Waals surface area contributed by atoms with E-state index in [0.717, 1.165) is 11.1 Å². The minimum absolute atomic E-state index is 0.266. The largest absolute Gasteiger partial charge is 0.508 e. The molecule has 1 aliphatic rings. The van der Waals surface area contributed by atoms with Crippen molar-refractivity contribution in [3.8, 4) is 11.5 Å². The minimum atomic E-state index is 0.266. The van der Waals surface area contributed by atoms with Crippen LogP contribution in [0.1, 0.15) is 11.1 Å². The van der Waals surface area contributed by atoms with Crippen molar-refractivity contribution in [2.45, 2.75) is 13.1 Å². The van der Waals surface area contributed by atoms with Gasteiger partial charge in [0.2, 0.25) is 0 Å². The molecular formula is C8H9NO2. The van der Waals surface area contributed by atoms with Gasteiger partial charge in [-0.1, -0.05) is 0 Å². The summed E-state index contributed by atoms with van der Waals surface area (Å²) in [5, 5.41) is 21.7. The molecule has 3 N–H and O–H groups in total. The zero-order chi connectivity index (χ0) is 7.84. The van der Waals surface area contributed by atoms with E-state index in [0.29, 0.717) is 13.1 Å². The lowest BCUT2D eigenvalue weighted by Crippen LogP contribution is -2.00. The van der Waals surface area contributed by atoms with Crippen LogP contribution < -0.4 is 5.32 Å². The van der Waals surface area contributed by atoms with E-state index in [2.05, 4.69) is 5.32 Å². The maximum Gasteiger partial charge on any atom is 0.120 e. The van der Waals surface area contributed by atoms with Gasteiger partial charge in [-0.25, -0.2) is 0 Å². The Morgan fingerprint density at radius 2 is 1.45 bits per heavy atom. The van der Waals surface area contributed by atoms with Gasteiger partial charge >= 0.3 is 0 Å². The van der Waals surface area contributed by atoms with E-state index < -0.39 is 0 Å². The van der Waals surface area contributed by atoms with Crippen molar-refractivity contribution in [2.75, 3.05) is 0 Å². The van der Waals surface area contributed by atoms with Crippen LogP contribution in [0.3, 0.4) is 0 Å². The van der Waals surface area contributed by atoms with Gasteiger partial charge in [0.1, 0.15) is 11.5 Å². The van der Waals surface area contributed by atoms with Gasteiger partial charge in [0.25, 0.3) is 0 Å². The van der Waals surface area contributed by atoms with Gasteiger partial charge in [-0.3, -0.25) is 0 Å². The summed E-state index contributed by atoms with van der Waals surface area (Å²) in [5.41, 5.74) is 1.65. The Bertz CT molecular complexity index is 267. The maximum atomic E-state index is 9.30. The van der Waals surface area contributed by atoms with Gasteiger partial charge in [0, 0.05) is 24.2 Å². The molecule has 2 rings (SSSR count). The van der Waals surface area contributed by atoms with Crippen LogP contribution in [0, 0.1) is 0 Å². The first-order valence-corrected chi connectivity index (χ1v) is 3.52. The molecule has 0 bridgehead atoms. The number of phenolic OH excluding ortho intramolecular Hbond substituents is 2. The quantitative estimate of drug-likeness (QED) is 0.478. The summed E-state index contributed by atoms with van der Waals surface area (Å²) in [6, 6.07) is 3.03. The standard InChI is InChI=1S/C8H9NO2/c10-7-1-2-8(11)6-4-9-3-5(6)7/h1-2,9-11H,3-4H2. The Kier molecular flexibility index (Phi) is 1.26. The highest BCUT2D eigenvalue weighted by atomic mass is 16.3. The van der Waals surface area contributed by atoms with E-state index in [4.69, 9.17) is 0 Å². The van der Waals surface area contributed by atoms with E-state index in [1.165, 1.54) is 12.1 Å². The number of hydrogen-bond donors (Lipinski definition) is 3. The van der Waals surface area contributed by atoms with Crippen LogP contribution in [-0.4, -0.2) is 10.2 Å². The fourth-order valence-electron chi connectivity index (χ4n) is 1.38. The first-order chi connectivity index (χ1) is 5.29. The highest BCUT2D eigenvalue weighted by Gasteiger charge is 2.16. The molecule has 58 valence electrons. The van der Waals surface area contributed by atoms with Crippen LogP contribution in [0.5, 0.6) is 11.5 Å². The SMILES string of the molecule is Oc1ccc(O)c2c1CNC2. The zero-order valence-corrected chi connectivity index (χ0v) is 5.96. The summed E-state index contributed by atoms with van der Waals surface area (Å²) in [7, 11) is 0. The molecule has 1 aliphatic heterocycles. The Hall–Kier alpha value is -1.22. The number of hydrogen-bond acceptors (Lipinski definition) is 3. The average Bonchev–Trinajstić information content (AvgIpc) is 2.45. The second kappa shape index (κ2) is 2.13. The lowest BCUT2D eigenvalue weighted by atomic mass is 10.1. The smallest absolute Gasteiger partial charge is 0.120 e. The number of rotatable bonds is 0. The second-order valence-electron chi connectivity index (χ2n) is 2.66. The van der Waals surface area contributed by atoms with Crippen molar-refractivity contribution >= 4 is 0 Å². The molecule has 1 aromatic carbocycles. The Morgan fingerprint density at radius 1 is 1.00 bits per heavy atom. The van der Waals surface area contributed by atoms with Gasteiger partial charge in [-0.2, -0.15) is 0 Å². The summed E-state index contributed by atoms with van der Waals surface area (Å²) in [6.07, 6.45) is 0. The van der Waals surface area contributed by atoms with Crippen molar-refractivity contribution in [3.63, 3.8) is 0 Å². The summed E-state index contributed by atoms with van der Waals surface area (Å²) >= 11 is 0. The molecule has 3 heteroatoms. The Labute approximate surface area is 64.3 Å². The third-order valence-corrected chi connectivity index (χ3v) is 1.99. The molecular weight excluding hydrogens is 142 g/mol. The third-order valence-electron chi connectivity index (χ3n) is 1.99.